The molecule has 5 aromatic rings. The van der Waals surface area contributed by atoms with Gasteiger partial charge in [-0.2, -0.15) is 0 Å². The van der Waals surface area contributed by atoms with Crippen LogP contribution in [0.1, 0.15) is 0 Å². The van der Waals surface area contributed by atoms with Crippen molar-refractivity contribution in [2.45, 2.75) is 0 Å². The Bertz CT molecular complexity index is 1210. The molecular weight excluding hydrogens is 452 g/mol. The molecule has 0 unspecified atom stereocenters. The number of hydrogen-bond donors (Lipinski definition) is 0. The summed E-state index contributed by atoms with van der Waals surface area (Å²) in [6.45, 7) is 0. The van der Waals surface area contributed by atoms with Crippen molar-refractivity contribution in [1.29, 1.82) is 0 Å². The average molecular weight is 467 g/mol. The van der Waals surface area contributed by atoms with Crippen LogP contribution < -0.4 is 0 Å². The van der Waals surface area contributed by atoms with Crippen LogP contribution in [0.4, 0.5) is 0 Å². The first-order valence-corrected chi connectivity index (χ1v) is 10.4. The highest BCUT2D eigenvalue weighted by molar-refractivity contribution is 9.10. The zero-order valence-electron chi connectivity index (χ0n) is 16.2. The second kappa shape index (κ2) is 8.49. The van der Waals surface area contributed by atoms with Gasteiger partial charge in [0.1, 0.15) is 0 Å². The molecule has 7 heteroatoms. The first-order valence-electron chi connectivity index (χ1n) is 9.56. The van der Waals surface area contributed by atoms with Crippen molar-refractivity contribution in [1.82, 2.24) is 29.9 Å². The quantitative estimate of drug-likeness (QED) is 0.326. The van der Waals surface area contributed by atoms with Crippen molar-refractivity contribution in [2.24, 2.45) is 0 Å². The van der Waals surface area contributed by atoms with E-state index in [4.69, 9.17) is 0 Å². The molecule has 0 aliphatic rings. The predicted octanol–water partition coefficient (Wildman–Crippen LogP) is 5.49. The smallest absolute Gasteiger partial charge is 0.197 e. The Balaban J connectivity index is 1.45. The topological polar surface area (TPSA) is 77.3 Å². The van der Waals surface area contributed by atoms with E-state index in [2.05, 4.69) is 45.8 Å². The van der Waals surface area contributed by atoms with E-state index < -0.39 is 0 Å². The third-order valence-corrected chi connectivity index (χ3v) is 5.03. The van der Waals surface area contributed by atoms with Crippen LogP contribution in [-0.2, 0) is 0 Å². The van der Waals surface area contributed by atoms with Gasteiger partial charge in [-0.1, -0.05) is 12.1 Å². The lowest BCUT2D eigenvalue weighted by Gasteiger charge is -2.07. The van der Waals surface area contributed by atoms with Crippen LogP contribution in [0.2, 0.25) is 0 Å². The van der Waals surface area contributed by atoms with Crippen molar-refractivity contribution in [2.75, 3.05) is 0 Å². The molecule has 5 heterocycles. The summed E-state index contributed by atoms with van der Waals surface area (Å²) in [5, 5.41) is 0. The lowest BCUT2D eigenvalue weighted by molar-refractivity contribution is 1.11. The molecule has 6 nitrogen and oxygen atoms in total. The van der Waals surface area contributed by atoms with Gasteiger partial charge in [-0.15, -0.1) is 0 Å². The number of pyridine rings is 4. The van der Waals surface area contributed by atoms with Gasteiger partial charge in [0, 0.05) is 35.9 Å². The third-order valence-electron chi connectivity index (χ3n) is 4.67. The minimum absolute atomic E-state index is 0.502. The van der Waals surface area contributed by atoms with Gasteiger partial charge in [0.15, 0.2) is 4.73 Å². The summed E-state index contributed by atoms with van der Waals surface area (Å²) in [6.07, 6.45) is 7.10. The van der Waals surface area contributed by atoms with E-state index in [1.807, 2.05) is 66.7 Å². The number of nitrogens with zero attached hydrogens (tertiary/aromatic N) is 6. The minimum atomic E-state index is 0.502. The number of aromatic nitrogens is 6. The largest absolute Gasteiger partial charge is 0.255 e. The molecule has 148 valence electrons. The van der Waals surface area contributed by atoms with E-state index in [-0.39, 0.29) is 0 Å². The summed E-state index contributed by atoms with van der Waals surface area (Å²) in [5.74, 6) is 0. The fraction of sp³-hybridized carbons (Fsp3) is 0. The van der Waals surface area contributed by atoms with Crippen molar-refractivity contribution in [3.05, 3.63) is 96.3 Å². The highest BCUT2D eigenvalue weighted by atomic mass is 79.9. The second-order valence-electron chi connectivity index (χ2n) is 6.70. The van der Waals surface area contributed by atoms with Crippen molar-refractivity contribution in [3.63, 3.8) is 0 Å². The number of hydrogen-bond acceptors (Lipinski definition) is 6. The fourth-order valence-electron chi connectivity index (χ4n) is 3.14. The zero-order chi connectivity index (χ0) is 21.0. The Labute approximate surface area is 187 Å². The van der Waals surface area contributed by atoms with Crippen molar-refractivity contribution in [3.8, 4) is 45.3 Å². The van der Waals surface area contributed by atoms with Gasteiger partial charge >= 0.3 is 0 Å². The van der Waals surface area contributed by atoms with E-state index in [0.717, 1.165) is 45.3 Å². The molecule has 0 saturated heterocycles. The van der Waals surface area contributed by atoms with Gasteiger partial charge in [-0.25, -0.2) is 9.97 Å². The number of halogens is 1. The Morgan fingerprint density at radius 1 is 0.484 bits per heavy atom. The van der Waals surface area contributed by atoms with Crippen LogP contribution in [0, 0.1) is 0 Å². The molecule has 0 aliphatic heterocycles. The van der Waals surface area contributed by atoms with Gasteiger partial charge in [-0.05, 0) is 70.5 Å². The molecule has 0 radical (unpaired) electrons. The van der Waals surface area contributed by atoms with Gasteiger partial charge in [0.2, 0.25) is 0 Å². The first kappa shape index (κ1) is 19.1. The summed E-state index contributed by atoms with van der Waals surface area (Å²) in [7, 11) is 0. The maximum atomic E-state index is 4.55. The van der Waals surface area contributed by atoms with E-state index in [9.17, 15) is 0 Å². The minimum Gasteiger partial charge on any atom is -0.255 e. The van der Waals surface area contributed by atoms with Crippen LogP contribution >= 0.6 is 15.9 Å². The van der Waals surface area contributed by atoms with Gasteiger partial charge < -0.3 is 0 Å². The Morgan fingerprint density at radius 2 is 0.968 bits per heavy atom. The lowest BCUT2D eigenvalue weighted by Crippen LogP contribution is -1.94. The Hall–Kier alpha value is -3.84. The van der Waals surface area contributed by atoms with Gasteiger partial charge in [0.05, 0.1) is 34.2 Å². The predicted molar refractivity (Wildman–Crippen MR) is 123 cm³/mol. The number of rotatable bonds is 4. The van der Waals surface area contributed by atoms with E-state index in [1.165, 1.54) is 0 Å². The van der Waals surface area contributed by atoms with Crippen LogP contribution in [0.3, 0.4) is 0 Å². The monoisotopic (exact) mass is 466 g/mol. The van der Waals surface area contributed by atoms with E-state index >= 15 is 0 Å². The normalized spacial score (nSPS) is 10.7. The van der Waals surface area contributed by atoms with Crippen LogP contribution in [0.5, 0.6) is 0 Å². The molecule has 0 bridgehead atoms. The molecule has 0 aromatic carbocycles. The molecule has 0 atom stereocenters. The van der Waals surface area contributed by atoms with E-state index in [1.54, 1.807) is 24.8 Å². The second-order valence-corrected chi connectivity index (χ2v) is 7.41. The summed E-state index contributed by atoms with van der Waals surface area (Å²) in [6, 6.07) is 21.3. The standard InChI is InChI=1S/C24H15BrN6/c25-24-30-22(16-7-9-20(28-14-16)18-5-1-3-11-26-18)13-23(31-24)17-8-10-21(29-15-17)19-6-2-4-12-27-19/h1-15H. The molecule has 0 spiro atoms. The summed E-state index contributed by atoms with van der Waals surface area (Å²) in [5.41, 5.74) is 6.61. The van der Waals surface area contributed by atoms with Gasteiger partial charge in [-0.3, -0.25) is 19.9 Å². The molecule has 31 heavy (non-hydrogen) atoms. The fourth-order valence-corrected chi connectivity index (χ4v) is 3.52. The van der Waals surface area contributed by atoms with Crippen LogP contribution in [-0.4, -0.2) is 29.9 Å². The average Bonchev–Trinajstić information content (AvgIpc) is 2.85. The molecule has 0 aliphatic carbocycles. The third kappa shape index (κ3) is 4.22. The maximum Gasteiger partial charge on any atom is 0.197 e. The molecule has 0 saturated carbocycles. The van der Waals surface area contributed by atoms with E-state index in [0.29, 0.717) is 4.73 Å². The van der Waals surface area contributed by atoms with Gasteiger partial charge in [0.25, 0.3) is 0 Å². The Kier molecular flexibility index (Phi) is 5.24. The molecule has 5 rings (SSSR count). The van der Waals surface area contributed by atoms with Crippen molar-refractivity contribution >= 4 is 15.9 Å². The molecule has 5 aromatic heterocycles. The SMILES string of the molecule is Brc1nc(-c2ccc(-c3ccccn3)nc2)cc(-c2ccc(-c3ccccn3)nc2)n1. The highest BCUT2D eigenvalue weighted by Crippen LogP contribution is 2.27. The first-order chi connectivity index (χ1) is 15.3. The van der Waals surface area contributed by atoms with Crippen LogP contribution in [0.25, 0.3) is 45.3 Å². The molecular formula is C24H15BrN6. The van der Waals surface area contributed by atoms with Crippen molar-refractivity contribution < 1.29 is 0 Å². The lowest BCUT2D eigenvalue weighted by atomic mass is 10.1. The summed E-state index contributed by atoms with van der Waals surface area (Å²) in [4.78, 5) is 26.8. The molecule has 0 N–H and O–H groups in total. The Morgan fingerprint density at radius 3 is 1.35 bits per heavy atom. The zero-order valence-corrected chi connectivity index (χ0v) is 17.8. The maximum absolute atomic E-state index is 4.55. The summed E-state index contributed by atoms with van der Waals surface area (Å²) < 4.78 is 0.502. The summed E-state index contributed by atoms with van der Waals surface area (Å²) >= 11 is 3.43. The highest BCUT2D eigenvalue weighted by Gasteiger charge is 2.10. The van der Waals surface area contributed by atoms with Crippen LogP contribution in [0.15, 0.2) is 96.3 Å². The molecule has 0 fully saturated rings. The molecule has 0 amide bonds.